The van der Waals surface area contributed by atoms with Crippen molar-refractivity contribution in [2.24, 2.45) is 0 Å². The van der Waals surface area contributed by atoms with Crippen LogP contribution in [0.2, 0.25) is 5.15 Å². The van der Waals surface area contributed by atoms with Gasteiger partial charge in [0, 0.05) is 16.5 Å². The van der Waals surface area contributed by atoms with Crippen molar-refractivity contribution in [3.8, 4) is 0 Å². The lowest BCUT2D eigenvalue weighted by molar-refractivity contribution is 0.181. The van der Waals surface area contributed by atoms with Gasteiger partial charge in [0.2, 0.25) is 0 Å². The highest BCUT2D eigenvalue weighted by atomic mass is 79.9. The first-order valence-corrected chi connectivity index (χ1v) is 7.72. The van der Waals surface area contributed by atoms with E-state index < -0.39 is 0 Å². The molecule has 0 bridgehead atoms. The number of hydrogen-bond donors (Lipinski definition) is 0. The van der Waals surface area contributed by atoms with Gasteiger partial charge in [-0.05, 0) is 30.3 Å². The van der Waals surface area contributed by atoms with Crippen molar-refractivity contribution < 1.29 is 4.74 Å². The second-order valence-corrected chi connectivity index (χ2v) is 6.13. The minimum atomic E-state index is 0.443. The Balaban J connectivity index is 2.04. The topological polar surface area (TPSA) is 35.0 Å². The van der Waals surface area contributed by atoms with Gasteiger partial charge in [-0.1, -0.05) is 27.5 Å². The van der Waals surface area contributed by atoms with Crippen LogP contribution < -0.4 is 0 Å². The van der Waals surface area contributed by atoms with Gasteiger partial charge in [-0.25, -0.2) is 9.97 Å². The monoisotopic (exact) mass is 358 g/mol. The summed E-state index contributed by atoms with van der Waals surface area (Å²) in [5.41, 5.74) is 0.800. The molecule has 0 aliphatic heterocycles. The summed E-state index contributed by atoms with van der Waals surface area (Å²) >= 11 is 11.1. The number of ether oxygens (including phenoxy) is 1. The van der Waals surface area contributed by atoms with Gasteiger partial charge in [-0.2, -0.15) is 0 Å². The second kappa shape index (κ2) is 7.24. The molecule has 100 valence electrons. The summed E-state index contributed by atoms with van der Waals surface area (Å²) in [4.78, 5) is 9.79. The summed E-state index contributed by atoms with van der Waals surface area (Å²) < 4.78 is 6.12. The molecule has 0 aliphatic carbocycles. The number of thioether (sulfide) groups is 1. The number of nitrogens with zero attached hydrogens (tertiary/aromatic N) is 2. The molecule has 1 aromatic heterocycles. The van der Waals surface area contributed by atoms with Crippen LogP contribution >= 0.6 is 39.3 Å². The third-order valence-corrected chi connectivity index (χ3v) is 4.00. The van der Waals surface area contributed by atoms with Crippen molar-refractivity contribution >= 4 is 39.3 Å². The van der Waals surface area contributed by atoms with Crippen LogP contribution in [0.15, 0.2) is 39.7 Å². The van der Waals surface area contributed by atoms with E-state index in [2.05, 4.69) is 38.0 Å². The van der Waals surface area contributed by atoms with Gasteiger partial charge in [-0.15, -0.1) is 11.8 Å². The summed E-state index contributed by atoms with van der Waals surface area (Å²) in [5, 5.41) is 0.452. The number of rotatable bonds is 5. The molecular weight excluding hydrogens is 348 g/mol. The molecule has 0 atom stereocenters. The second-order valence-electron chi connectivity index (χ2n) is 3.77. The number of aromatic nitrogens is 2. The molecule has 2 rings (SSSR count). The standard InChI is InChI=1S/C13H12BrClN2OS/c1-18-7-10-6-12(15)17-13(16-10)8-19-11-4-2-9(14)3-5-11/h2-6H,7-8H2,1H3. The van der Waals surface area contributed by atoms with E-state index in [1.807, 2.05) is 12.1 Å². The van der Waals surface area contributed by atoms with Gasteiger partial charge in [0.15, 0.2) is 0 Å². The highest BCUT2D eigenvalue weighted by Gasteiger charge is 2.04. The van der Waals surface area contributed by atoms with Crippen LogP contribution in [0.25, 0.3) is 0 Å². The summed E-state index contributed by atoms with van der Waals surface area (Å²) in [6.45, 7) is 0.443. The zero-order valence-electron chi connectivity index (χ0n) is 10.3. The Kier molecular flexibility index (Phi) is 5.63. The van der Waals surface area contributed by atoms with Crippen LogP contribution in [0.5, 0.6) is 0 Å². The molecule has 2 aromatic rings. The molecule has 0 N–H and O–H groups in total. The van der Waals surface area contributed by atoms with Crippen LogP contribution in [0.4, 0.5) is 0 Å². The molecular formula is C13H12BrClN2OS. The molecule has 0 amide bonds. The van der Waals surface area contributed by atoms with Crippen molar-refractivity contribution in [1.29, 1.82) is 0 Å². The molecule has 19 heavy (non-hydrogen) atoms. The van der Waals surface area contributed by atoms with Gasteiger partial charge in [-0.3, -0.25) is 0 Å². The first-order chi connectivity index (χ1) is 9.17. The first-order valence-electron chi connectivity index (χ1n) is 5.57. The van der Waals surface area contributed by atoms with Gasteiger partial charge in [0.25, 0.3) is 0 Å². The van der Waals surface area contributed by atoms with Crippen molar-refractivity contribution in [2.75, 3.05) is 7.11 Å². The van der Waals surface area contributed by atoms with E-state index in [0.29, 0.717) is 23.3 Å². The fourth-order valence-corrected chi connectivity index (χ4v) is 2.72. The maximum atomic E-state index is 5.97. The van der Waals surface area contributed by atoms with Gasteiger partial charge in [0.1, 0.15) is 11.0 Å². The molecule has 0 unspecified atom stereocenters. The Hall–Kier alpha value is -0.620. The Morgan fingerprint density at radius 1 is 1.26 bits per heavy atom. The van der Waals surface area contributed by atoms with Crippen molar-refractivity contribution in [3.05, 3.63) is 51.5 Å². The average Bonchev–Trinajstić information content (AvgIpc) is 2.38. The van der Waals surface area contributed by atoms with Crippen molar-refractivity contribution in [2.45, 2.75) is 17.3 Å². The summed E-state index contributed by atoms with van der Waals surface area (Å²) in [6.07, 6.45) is 0. The number of hydrogen-bond acceptors (Lipinski definition) is 4. The largest absolute Gasteiger partial charge is 0.378 e. The van der Waals surface area contributed by atoms with Crippen LogP contribution in [-0.2, 0) is 17.1 Å². The van der Waals surface area contributed by atoms with Crippen LogP contribution in [0, 0.1) is 0 Å². The molecule has 0 saturated carbocycles. The normalized spacial score (nSPS) is 10.7. The SMILES string of the molecule is COCc1cc(Cl)nc(CSc2ccc(Br)cc2)n1. The summed E-state index contributed by atoms with van der Waals surface area (Å²) in [7, 11) is 1.63. The van der Waals surface area contributed by atoms with E-state index in [-0.39, 0.29) is 0 Å². The zero-order valence-corrected chi connectivity index (χ0v) is 13.4. The Bertz CT molecular complexity index is 551. The molecule has 1 aromatic carbocycles. The maximum absolute atomic E-state index is 5.97. The molecule has 0 aliphatic rings. The molecule has 3 nitrogen and oxygen atoms in total. The molecule has 0 radical (unpaired) electrons. The molecule has 0 saturated heterocycles. The summed E-state index contributed by atoms with van der Waals surface area (Å²) in [5.74, 6) is 1.39. The smallest absolute Gasteiger partial charge is 0.140 e. The first kappa shape index (κ1) is 14.8. The fourth-order valence-electron chi connectivity index (χ4n) is 1.48. The zero-order chi connectivity index (χ0) is 13.7. The lowest BCUT2D eigenvalue weighted by Gasteiger charge is -2.05. The van der Waals surface area contributed by atoms with Gasteiger partial charge in [0.05, 0.1) is 18.1 Å². The highest BCUT2D eigenvalue weighted by Crippen LogP contribution is 2.23. The quantitative estimate of drug-likeness (QED) is 0.588. The van der Waals surface area contributed by atoms with E-state index in [1.54, 1.807) is 24.9 Å². The van der Waals surface area contributed by atoms with Gasteiger partial charge >= 0.3 is 0 Å². The van der Waals surface area contributed by atoms with E-state index in [4.69, 9.17) is 16.3 Å². The Morgan fingerprint density at radius 3 is 2.68 bits per heavy atom. The summed E-state index contributed by atoms with van der Waals surface area (Å²) in [6, 6.07) is 9.85. The van der Waals surface area contributed by atoms with E-state index in [9.17, 15) is 0 Å². The number of methoxy groups -OCH3 is 1. The number of benzene rings is 1. The van der Waals surface area contributed by atoms with E-state index in [0.717, 1.165) is 10.2 Å². The molecule has 0 fully saturated rings. The predicted octanol–water partition coefficient (Wildman–Crippen LogP) is 4.33. The number of halogens is 2. The van der Waals surface area contributed by atoms with Crippen molar-refractivity contribution in [1.82, 2.24) is 9.97 Å². The minimum Gasteiger partial charge on any atom is -0.378 e. The third kappa shape index (κ3) is 4.76. The Morgan fingerprint density at radius 2 is 2.00 bits per heavy atom. The predicted molar refractivity (Wildman–Crippen MR) is 81.5 cm³/mol. The van der Waals surface area contributed by atoms with Crippen LogP contribution in [0.3, 0.4) is 0 Å². The molecule has 1 heterocycles. The lowest BCUT2D eigenvalue weighted by atomic mass is 10.4. The minimum absolute atomic E-state index is 0.443. The van der Waals surface area contributed by atoms with E-state index >= 15 is 0 Å². The fraction of sp³-hybridized carbons (Fsp3) is 0.231. The molecule has 0 spiro atoms. The van der Waals surface area contributed by atoms with Gasteiger partial charge < -0.3 is 4.74 Å². The average molecular weight is 360 g/mol. The van der Waals surface area contributed by atoms with Crippen LogP contribution in [-0.4, -0.2) is 17.1 Å². The van der Waals surface area contributed by atoms with E-state index in [1.165, 1.54) is 4.90 Å². The van der Waals surface area contributed by atoms with Crippen LogP contribution in [0.1, 0.15) is 11.5 Å². The lowest BCUT2D eigenvalue weighted by Crippen LogP contribution is -1.99. The third-order valence-electron chi connectivity index (χ3n) is 2.27. The van der Waals surface area contributed by atoms with Crippen molar-refractivity contribution in [3.63, 3.8) is 0 Å². The molecule has 6 heteroatoms. The highest BCUT2D eigenvalue weighted by molar-refractivity contribution is 9.10. The maximum Gasteiger partial charge on any atom is 0.140 e. The Labute approximate surface area is 129 Å².